The van der Waals surface area contributed by atoms with Gasteiger partial charge >= 0.3 is 0 Å². The van der Waals surface area contributed by atoms with Gasteiger partial charge in [0.05, 0.1) is 5.69 Å². The van der Waals surface area contributed by atoms with Crippen LogP contribution in [0.3, 0.4) is 0 Å². The summed E-state index contributed by atoms with van der Waals surface area (Å²) in [7, 11) is 0. The lowest BCUT2D eigenvalue weighted by Crippen LogP contribution is -2.41. The molecule has 2 rings (SSSR count). The van der Waals surface area contributed by atoms with E-state index in [0.29, 0.717) is 23.2 Å². The molecule has 1 amide bonds. The zero-order valence-corrected chi connectivity index (χ0v) is 11.0. The van der Waals surface area contributed by atoms with Crippen molar-refractivity contribution >= 4 is 34.8 Å². The molecule has 0 aromatic heterocycles. The highest BCUT2D eigenvalue weighted by atomic mass is 35.5. The predicted octanol–water partition coefficient (Wildman–Crippen LogP) is 2.94. The molecule has 1 aromatic carbocycles. The maximum Gasteiger partial charge on any atom is 0.265 e. The van der Waals surface area contributed by atoms with Crippen LogP contribution < -0.4 is 9.64 Å². The molecule has 0 spiro atoms. The summed E-state index contributed by atoms with van der Waals surface area (Å²) in [6.07, 6.45) is 0. The molecule has 0 fully saturated rings. The number of benzene rings is 1. The van der Waals surface area contributed by atoms with E-state index in [1.165, 1.54) is 0 Å². The number of halogens is 2. The standard InChI is InChI=1S/C12H13Cl2NO2/c1-8(5-13)6-15-10-4-9(14)2-3-11(10)17-7-12(15)16/h2-4,8H,5-7H2,1H3. The van der Waals surface area contributed by atoms with E-state index in [0.717, 1.165) is 5.69 Å². The van der Waals surface area contributed by atoms with Crippen molar-refractivity contribution in [2.75, 3.05) is 23.9 Å². The Morgan fingerprint density at radius 1 is 1.53 bits per heavy atom. The summed E-state index contributed by atoms with van der Waals surface area (Å²) in [5.74, 6) is 1.37. The fourth-order valence-electron chi connectivity index (χ4n) is 1.74. The Bertz CT molecular complexity index is 437. The number of alkyl halides is 1. The molecule has 0 aliphatic carbocycles. The number of amides is 1. The van der Waals surface area contributed by atoms with Crippen LogP contribution in [-0.2, 0) is 4.79 Å². The van der Waals surface area contributed by atoms with E-state index in [1.807, 2.05) is 6.92 Å². The first-order valence-electron chi connectivity index (χ1n) is 5.40. The number of hydrogen-bond acceptors (Lipinski definition) is 2. The summed E-state index contributed by atoms with van der Waals surface area (Å²) < 4.78 is 5.35. The number of fused-ring (bicyclic) bond motifs is 1. The first-order valence-corrected chi connectivity index (χ1v) is 6.31. The highest BCUT2D eigenvalue weighted by molar-refractivity contribution is 6.31. The largest absolute Gasteiger partial charge is 0.482 e. The van der Waals surface area contributed by atoms with Crippen molar-refractivity contribution in [3.63, 3.8) is 0 Å². The van der Waals surface area contributed by atoms with Crippen LogP contribution in [0.25, 0.3) is 0 Å². The molecule has 3 nitrogen and oxygen atoms in total. The highest BCUT2D eigenvalue weighted by Crippen LogP contribution is 2.34. The van der Waals surface area contributed by atoms with Crippen LogP contribution in [0.2, 0.25) is 5.02 Å². The zero-order chi connectivity index (χ0) is 12.4. The Labute approximate surface area is 110 Å². The van der Waals surface area contributed by atoms with E-state index < -0.39 is 0 Å². The predicted molar refractivity (Wildman–Crippen MR) is 69.2 cm³/mol. The minimum absolute atomic E-state index is 0.0586. The lowest BCUT2D eigenvalue weighted by Gasteiger charge is -2.31. The first kappa shape index (κ1) is 12.5. The number of nitrogens with zero attached hydrogens (tertiary/aromatic N) is 1. The number of hydrogen-bond donors (Lipinski definition) is 0. The molecular formula is C12H13Cl2NO2. The molecule has 0 bridgehead atoms. The third kappa shape index (κ3) is 2.67. The number of carbonyl (C=O) groups is 1. The highest BCUT2D eigenvalue weighted by Gasteiger charge is 2.26. The van der Waals surface area contributed by atoms with Crippen LogP contribution in [0.4, 0.5) is 5.69 Å². The molecule has 92 valence electrons. The lowest BCUT2D eigenvalue weighted by atomic mass is 10.1. The summed E-state index contributed by atoms with van der Waals surface area (Å²) in [4.78, 5) is 13.5. The van der Waals surface area contributed by atoms with E-state index >= 15 is 0 Å². The van der Waals surface area contributed by atoms with Gasteiger partial charge in [0.15, 0.2) is 6.61 Å². The average molecular weight is 274 g/mol. The maximum atomic E-state index is 11.8. The van der Waals surface area contributed by atoms with Gasteiger partial charge < -0.3 is 9.64 Å². The number of anilines is 1. The topological polar surface area (TPSA) is 29.5 Å². The Morgan fingerprint density at radius 2 is 2.29 bits per heavy atom. The number of ether oxygens (including phenoxy) is 1. The molecular weight excluding hydrogens is 261 g/mol. The van der Waals surface area contributed by atoms with E-state index in [9.17, 15) is 4.79 Å². The van der Waals surface area contributed by atoms with E-state index in [1.54, 1.807) is 23.1 Å². The van der Waals surface area contributed by atoms with Gasteiger partial charge in [-0.05, 0) is 24.1 Å². The monoisotopic (exact) mass is 273 g/mol. The fraction of sp³-hybridized carbons (Fsp3) is 0.417. The van der Waals surface area contributed by atoms with Gasteiger partial charge in [-0.2, -0.15) is 0 Å². The van der Waals surface area contributed by atoms with Crippen molar-refractivity contribution in [3.8, 4) is 5.75 Å². The summed E-state index contributed by atoms with van der Waals surface area (Å²) in [5, 5.41) is 0.588. The van der Waals surface area contributed by atoms with Crippen molar-refractivity contribution in [2.24, 2.45) is 5.92 Å². The van der Waals surface area contributed by atoms with Crippen molar-refractivity contribution in [1.82, 2.24) is 0 Å². The molecule has 1 aromatic rings. The van der Waals surface area contributed by atoms with Gasteiger partial charge in [0.25, 0.3) is 5.91 Å². The van der Waals surface area contributed by atoms with Crippen LogP contribution in [0, 0.1) is 5.92 Å². The molecule has 0 saturated carbocycles. The molecule has 17 heavy (non-hydrogen) atoms. The van der Waals surface area contributed by atoms with Crippen LogP contribution in [0.5, 0.6) is 5.75 Å². The molecule has 1 atom stereocenters. The van der Waals surface area contributed by atoms with Gasteiger partial charge in [0.1, 0.15) is 5.75 Å². The Kier molecular flexibility index (Phi) is 3.79. The molecule has 1 aliphatic rings. The van der Waals surface area contributed by atoms with Crippen molar-refractivity contribution in [1.29, 1.82) is 0 Å². The van der Waals surface area contributed by atoms with Gasteiger partial charge in [0.2, 0.25) is 0 Å². The third-order valence-corrected chi connectivity index (χ3v) is 3.38. The van der Waals surface area contributed by atoms with Gasteiger partial charge in [0, 0.05) is 17.4 Å². The van der Waals surface area contributed by atoms with Crippen molar-refractivity contribution < 1.29 is 9.53 Å². The SMILES string of the molecule is CC(CCl)CN1C(=O)COc2ccc(Cl)cc21. The second-order valence-electron chi connectivity index (χ2n) is 4.16. The van der Waals surface area contributed by atoms with Crippen LogP contribution in [0.1, 0.15) is 6.92 Å². The van der Waals surface area contributed by atoms with E-state index in [2.05, 4.69) is 0 Å². The summed E-state index contributed by atoms with van der Waals surface area (Å²) in [6, 6.07) is 5.27. The smallest absolute Gasteiger partial charge is 0.265 e. The third-order valence-electron chi connectivity index (χ3n) is 2.62. The minimum atomic E-state index is -0.0586. The molecule has 0 N–H and O–H groups in total. The van der Waals surface area contributed by atoms with Crippen LogP contribution in [-0.4, -0.2) is 24.9 Å². The quantitative estimate of drug-likeness (QED) is 0.793. The summed E-state index contributed by atoms with van der Waals surface area (Å²) in [6.45, 7) is 2.66. The van der Waals surface area contributed by atoms with Gasteiger partial charge in [-0.15, -0.1) is 11.6 Å². The molecule has 1 aliphatic heterocycles. The van der Waals surface area contributed by atoms with Gasteiger partial charge in [-0.3, -0.25) is 4.79 Å². The fourth-order valence-corrected chi connectivity index (χ4v) is 2.00. The molecule has 1 unspecified atom stereocenters. The minimum Gasteiger partial charge on any atom is -0.482 e. The molecule has 5 heteroatoms. The van der Waals surface area contributed by atoms with Gasteiger partial charge in [-0.1, -0.05) is 18.5 Å². The average Bonchev–Trinajstić information content (AvgIpc) is 2.32. The summed E-state index contributed by atoms with van der Waals surface area (Å²) >= 11 is 11.7. The number of rotatable bonds is 3. The van der Waals surface area contributed by atoms with Crippen molar-refractivity contribution in [3.05, 3.63) is 23.2 Å². The van der Waals surface area contributed by atoms with Crippen LogP contribution in [0.15, 0.2) is 18.2 Å². The normalized spacial score (nSPS) is 16.4. The Balaban J connectivity index is 2.32. The Morgan fingerprint density at radius 3 is 3.00 bits per heavy atom. The van der Waals surface area contributed by atoms with Crippen molar-refractivity contribution in [2.45, 2.75) is 6.92 Å². The molecule has 0 saturated heterocycles. The van der Waals surface area contributed by atoms with Crippen LogP contribution >= 0.6 is 23.2 Å². The first-order chi connectivity index (χ1) is 8.11. The second kappa shape index (κ2) is 5.15. The van der Waals surface area contributed by atoms with Gasteiger partial charge in [-0.25, -0.2) is 0 Å². The zero-order valence-electron chi connectivity index (χ0n) is 9.45. The Hall–Kier alpha value is -0.930. The number of carbonyl (C=O) groups excluding carboxylic acids is 1. The molecule has 1 heterocycles. The molecule has 0 radical (unpaired) electrons. The van der Waals surface area contributed by atoms with E-state index in [4.69, 9.17) is 27.9 Å². The lowest BCUT2D eigenvalue weighted by molar-refractivity contribution is -0.121. The van der Waals surface area contributed by atoms with E-state index in [-0.39, 0.29) is 18.4 Å². The maximum absolute atomic E-state index is 11.8. The summed E-state index contributed by atoms with van der Waals surface area (Å²) in [5.41, 5.74) is 0.728. The second-order valence-corrected chi connectivity index (χ2v) is 4.91.